The Morgan fingerprint density at radius 1 is 0.889 bits per heavy atom. The number of carbonyl (C=O) groups is 2. The summed E-state index contributed by atoms with van der Waals surface area (Å²) < 4.78 is 5.09. The van der Waals surface area contributed by atoms with Gasteiger partial charge in [0.1, 0.15) is 5.75 Å². The number of quaternary nitrogens is 1. The van der Waals surface area contributed by atoms with Gasteiger partial charge in [0.25, 0.3) is 11.8 Å². The molecule has 0 aliphatic rings. The van der Waals surface area contributed by atoms with Gasteiger partial charge in [0.15, 0.2) is 13.1 Å². The molecule has 0 aromatic heterocycles. The van der Waals surface area contributed by atoms with E-state index in [1.165, 1.54) is 5.56 Å². The second-order valence-corrected chi connectivity index (χ2v) is 6.91. The average Bonchev–Trinajstić information content (AvgIpc) is 2.62. The van der Waals surface area contributed by atoms with E-state index in [2.05, 4.69) is 24.5 Å². The van der Waals surface area contributed by atoms with Crippen LogP contribution in [0.2, 0.25) is 0 Å². The molecular formula is C21H28N3O3+. The van der Waals surface area contributed by atoms with Gasteiger partial charge in [-0.05, 0) is 47.9 Å². The van der Waals surface area contributed by atoms with Gasteiger partial charge in [0.05, 0.1) is 14.2 Å². The maximum atomic E-state index is 12.2. The summed E-state index contributed by atoms with van der Waals surface area (Å²) in [6.07, 6.45) is 0. The standard InChI is InChI=1S/C21H27N3O3/c1-15(2)16-5-7-17(8-6-16)22-20(25)13-24(3)14-21(26)23-18-9-11-19(27-4)12-10-18/h5-12,15H,13-14H2,1-4H3,(H,22,25)(H,23,26)/p+1. The first kappa shape index (κ1) is 20.5. The molecule has 2 amide bonds. The van der Waals surface area contributed by atoms with E-state index in [0.717, 1.165) is 16.3 Å². The highest BCUT2D eigenvalue weighted by Gasteiger charge is 2.14. The number of benzene rings is 2. The fourth-order valence-electron chi connectivity index (χ4n) is 2.65. The number of carbonyl (C=O) groups excluding carboxylic acids is 2. The van der Waals surface area contributed by atoms with Gasteiger partial charge in [-0.3, -0.25) is 9.59 Å². The van der Waals surface area contributed by atoms with E-state index in [9.17, 15) is 9.59 Å². The molecular weight excluding hydrogens is 342 g/mol. The first-order chi connectivity index (χ1) is 12.9. The SMILES string of the molecule is COc1ccc(NC(=O)C[NH+](C)CC(=O)Nc2ccc(C(C)C)cc2)cc1. The lowest BCUT2D eigenvalue weighted by Crippen LogP contribution is -3.11. The van der Waals surface area contributed by atoms with Gasteiger partial charge >= 0.3 is 0 Å². The molecule has 0 fully saturated rings. The van der Waals surface area contributed by atoms with Crippen molar-refractivity contribution in [1.29, 1.82) is 0 Å². The van der Waals surface area contributed by atoms with Crippen LogP contribution < -0.4 is 20.3 Å². The van der Waals surface area contributed by atoms with E-state index in [4.69, 9.17) is 4.74 Å². The lowest BCUT2D eigenvalue weighted by Gasteiger charge is -2.14. The molecule has 0 radical (unpaired) electrons. The minimum absolute atomic E-state index is 0.123. The average molecular weight is 370 g/mol. The van der Waals surface area contributed by atoms with E-state index in [1.54, 1.807) is 31.4 Å². The maximum Gasteiger partial charge on any atom is 0.279 e. The Morgan fingerprint density at radius 2 is 1.33 bits per heavy atom. The van der Waals surface area contributed by atoms with Crippen molar-refractivity contribution >= 4 is 23.2 Å². The summed E-state index contributed by atoms with van der Waals surface area (Å²) in [5.41, 5.74) is 2.69. The van der Waals surface area contributed by atoms with Crippen LogP contribution in [0.15, 0.2) is 48.5 Å². The van der Waals surface area contributed by atoms with Crippen molar-refractivity contribution in [3.63, 3.8) is 0 Å². The Balaban J connectivity index is 1.78. The van der Waals surface area contributed by atoms with Crippen LogP contribution >= 0.6 is 0 Å². The molecule has 6 nitrogen and oxygen atoms in total. The second kappa shape index (κ2) is 9.73. The van der Waals surface area contributed by atoms with Gasteiger partial charge in [0, 0.05) is 11.4 Å². The normalized spacial score (nSPS) is 11.7. The van der Waals surface area contributed by atoms with Crippen LogP contribution in [0.3, 0.4) is 0 Å². The third-order valence-electron chi connectivity index (χ3n) is 4.16. The van der Waals surface area contributed by atoms with E-state index in [-0.39, 0.29) is 24.9 Å². The summed E-state index contributed by atoms with van der Waals surface area (Å²) in [4.78, 5) is 25.1. The van der Waals surface area contributed by atoms with E-state index < -0.39 is 0 Å². The monoisotopic (exact) mass is 370 g/mol. The quantitative estimate of drug-likeness (QED) is 0.665. The number of anilines is 2. The molecule has 27 heavy (non-hydrogen) atoms. The summed E-state index contributed by atoms with van der Waals surface area (Å²) in [6, 6.07) is 14.9. The zero-order valence-corrected chi connectivity index (χ0v) is 16.3. The minimum Gasteiger partial charge on any atom is -0.497 e. The van der Waals surface area contributed by atoms with E-state index in [1.807, 2.05) is 31.3 Å². The van der Waals surface area contributed by atoms with Gasteiger partial charge in [-0.25, -0.2) is 0 Å². The highest BCUT2D eigenvalue weighted by atomic mass is 16.5. The van der Waals surface area contributed by atoms with Crippen molar-refractivity contribution < 1.29 is 19.2 Å². The lowest BCUT2D eigenvalue weighted by atomic mass is 10.0. The van der Waals surface area contributed by atoms with Crippen LogP contribution in [0.25, 0.3) is 0 Å². The largest absolute Gasteiger partial charge is 0.497 e. The first-order valence-electron chi connectivity index (χ1n) is 9.02. The predicted octanol–water partition coefficient (Wildman–Crippen LogP) is 1.91. The number of ether oxygens (including phenoxy) is 1. The number of nitrogens with one attached hydrogen (secondary N) is 3. The summed E-state index contributed by atoms with van der Waals surface area (Å²) in [6.45, 7) is 4.67. The Morgan fingerprint density at radius 3 is 1.74 bits per heavy atom. The molecule has 0 heterocycles. The number of hydrogen-bond donors (Lipinski definition) is 3. The van der Waals surface area contributed by atoms with Gasteiger partial charge in [-0.15, -0.1) is 0 Å². The summed E-state index contributed by atoms with van der Waals surface area (Å²) in [5, 5.41) is 5.69. The van der Waals surface area contributed by atoms with Crippen LogP contribution in [0, 0.1) is 0 Å². The van der Waals surface area contributed by atoms with Crippen molar-refractivity contribution in [3.8, 4) is 5.75 Å². The topological polar surface area (TPSA) is 71.9 Å². The number of amides is 2. The van der Waals surface area contributed by atoms with Crippen LogP contribution in [0.5, 0.6) is 5.75 Å². The molecule has 6 heteroatoms. The molecule has 0 aliphatic carbocycles. The van der Waals surface area contributed by atoms with E-state index in [0.29, 0.717) is 11.6 Å². The zero-order chi connectivity index (χ0) is 19.8. The Kier molecular flexibility index (Phi) is 7.37. The first-order valence-corrected chi connectivity index (χ1v) is 9.02. The molecule has 3 N–H and O–H groups in total. The van der Waals surface area contributed by atoms with Gasteiger partial charge < -0.3 is 20.3 Å². The third-order valence-corrected chi connectivity index (χ3v) is 4.16. The number of hydrogen-bond acceptors (Lipinski definition) is 3. The molecule has 2 rings (SSSR count). The third kappa shape index (κ3) is 6.75. The predicted molar refractivity (Wildman–Crippen MR) is 107 cm³/mol. The van der Waals surface area contributed by atoms with Crippen molar-refractivity contribution in [1.82, 2.24) is 0 Å². The molecule has 0 saturated carbocycles. The minimum atomic E-state index is -0.147. The van der Waals surface area contributed by atoms with Crippen LogP contribution in [-0.4, -0.2) is 39.1 Å². The highest BCUT2D eigenvalue weighted by molar-refractivity contribution is 5.93. The zero-order valence-electron chi connectivity index (χ0n) is 16.3. The van der Waals surface area contributed by atoms with Crippen LogP contribution in [0.1, 0.15) is 25.3 Å². The molecule has 0 saturated heterocycles. The Hall–Kier alpha value is -2.86. The molecule has 0 bridgehead atoms. The number of likely N-dealkylation sites (N-methyl/N-ethyl adjacent to an activating group) is 1. The Bertz CT molecular complexity index is 755. The van der Waals surface area contributed by atoms with Gasteiger partial charge in [-0.1, -0.05) is 26.0 Å². The van der Waals surface area contributed by atoms with Gasteiger partial charge in [-0.2, -0.15) is 0 Å². The molecule has 1 atom stereocenters. The summed E-state index contributed by atoms with van der Waals surface area (Å²) >= 11 is 0. The lowest BCUT2D eigenvalue weighted by molar-refractivity contribution is -0.862. The molecule has 2 aromatic carbocycles. The fourth-order valence-corrected chi connectivity index (χ4v) is 2.65. The molecule has 1 unspecified atom stereocenters. The highest BCUT2D eigenvalue weighted by Crippen LogP contribution is 2.17. The van der Waals surface area contributed by atoms with Crippen molar-refractivity contribution in [3.05, 3.63) is 54.1 Å². The smallest absolute Gasteiger partial charge is 0.279 e. The molecule has 144 valence electrons. The molecule has 0 aliphatic heterocycles. The van der Waals surface area contributed by atoms with Crippen molar-refractivity contribution in [2.75, 3.05) is 37.9 Å². The van der Waals surface area contributed by atoms with Crippen molar-refractivity contribution in [2.45, 2.75) is 19.8 Å². The maximum absolute atomic E-state index is 12.2. The van der Waals surface area contributed by atoms with E-state index >= 15 is 0 Å². The number of rotatable bonds is 8. The van der Waals surface area contributed by atoms with Crippen LogP contribution in [0.4, 0.5) is 11.4 Å². The molecule has 0 spiro atoms. The van der Waals surface area contributed by atoms with Crippen molar-refractivity contribution in [2.24, 2.45) is 0 Å². The Labute approximate surface area is 160 Å². The molecule has 2 aromatic rings. The summed E-state index contributed by atoms with van der Waals surface area (Å²) in [5.74, 6) is 0.914. The van der Waals surface area contributed by atoms with Crippen LogP contribution in [-0.2, 0) is 9.59 Å². The number of methoxy groups -OCH3 is 1. The second-order valence-electron chi connectivity index (χ2n) is 6.91. The fraction of sp³-hybridized carbons (Fsp3) is 0.333. The van der Waals surface area contributed by atoms with Gasteiger partial charge in [0.2, 0.25) is 0 Å². The summed E-state index contributed by atoms with van der Waals surface area (Å²) in [7, 11) is 3.41.